The number of hydrogen-bond donors (Lipinski definition) is 1. The summed E-state index contributed by atoms with van der Waals surface area (Å²) in [5.74, 6) is 0.167. The van der Waals surface area contributed by atoms with Crippen molar-refractivity contribution in [2.75, 3.05) is 25.5 Å². The van der Waals surface area contributed by atoms with Gasteiger partial charge in [0.2, 0.25) is 5.91 Å². The fourth-order valence-corrected chi connectivity index (χ4v) is 2.41. The summed E-state index contributed by atoms with van der Waals surface area (Å²) in [6.07, 6.45) is 2.01. The number of amides is 1. The highest BCUT2D eigenvalue weighted by molar-refractivity contribution is 5.96. The van der Waals surface area contributed by atoms with E-state index in [0.717, 1.165) is 31.6 Å². The van der Waals surface area contributed by atoms with Crippen molar-refractivity contribution in [3.8, 4) is 0 Å². The van der Waals surface area contributed by atoms with Gasteiger partial charge in [0, 0.05) is 17.8 Å². The lowest BCUT2D eigenvalue weighted by Crippen LogP contribution is -2.38. The standard InChI is InChI=1S/C15H20N2O2/c1-11(18)12-5-7-14(8-6-12)16-15(19)13-4-3-9-17(2)10-13/h5-8,13H,3-4,9-10H2,1-2H3,(H,16,19). The van der Waals surface area contributed by atoms with E-state index in [-0.39, 0.29) is 17.6 Å². The van der Waals surface area contributed by atoms with E-state index in [0.29, 0.717) is 5.56 Å². The molecular weight excluding hydrogens is 240 g/mol. The third-order valence-electron chi connectivity index (χ3n) is 3.55. The second-order valence-electron chi connectivity index (χ2n) is 5.22. The first kappa shape index (κ1) is 13.7. The molecule has 0 bridgehead atoms. The summed E-state index contributed by atoms with van der Waals surface area (Å²) in [7, 11) is 2.04. The number of nitrogens with zero attached hydrogens (tertiary/aromatic N) is 1. The van der Waals surface area contributed by atoms with Gasteiger partial charge in [0.25, 0.3) is 0 Å². The molecule has 19 heavy (non-hydrogen) atoms. The van der Waals surface area contributed by atoms with Gasteiger partial charge >= 0.3 is 0 Å². The van der Waals surface area contributed by atoms with E-state index in [4.69, 9.17) is 0 Å². The second kappa shape index (κ2) is 5.97. The zero-order valence-electron chi connectivity index (χ0n) is 11.5. The maximum Gasteiger partial charge on any atom is 0.228 e. The lowest BCUT2D eigenvalue weighted by Gasteiger charge is -2.28. The third-order valence-corrected chi connectivity index (χ3v) is 3.55. The van der Waals surface area contributed by atoms with Gasteiger partial charge in [-0.25, -0.2) is 0 Å². The zero-order valence-corrected chi connectivity index (χ0v) is 11.5. The van der Waals surface area contributed by atoms with Gasteiger partial charge in [-0.1, -0.05) is 0 Å². The van der Waals surface area contributed by atoms with Crippen molar-refractivity contribution in [1.29, 1.82) is 0 Å². The molecule has 1 fully saturated rings. The first-order valence-corrected chi connectivity index (χ1v) is 6.66. The van der Waals surface area contributed by atoms with Crippen LogP contribution in [0.5, 0.6) is 0 Å². The van der Waals surface area contributed by atoms with Crippen LogP contribution < -0.4 is 5.32 Å². The predicted molar refractivity (Wildman–Crippen MR) is 75.3 cm³/mol. The topological polar surface area (TPSA) is 49.4 Å². The highest BCUT2D eigenvalue weighted by atomic mass is 16.2. The molecule has 1 unspecified atom stereocenters. The molecule has 1 saturated heterocycles. The maximum atomic E-state index is 12.1. The van der Waals surface area contributed by atoms with Gasteiger partial charge in [0.05, 0.1) is 5.92 Å². The highest BCUT2D eigenvalue weighted by Gasteiger charge is 2.23. The van der Waals surface area contributed by atoms with Gasteiger partial charge in [-0.2, -0.15) is 0 Å². The van der Waals surface area contributed by atoms with E-state index in [1.54, 1.807) is 24.3 Å². The number of carbonyl (C=O) groups is 2. The van der Waals surface area contributed by atoms with Crippen LogP contribution in [0.25, 0.3) is 0 Å². The Bertz CT molecular complexity index is 468. The Morgan fingerprint density at radius 1 is 1.26 bits per heavy atom. The first-order chi connectivity index (χ1) is 9.06. The molecule has 1 aliphatic heterocycles. The van der Waals surface area contributed by atoms with E-state index in [1.807, 2.05) is 7.05 Å². The lowest BCUT2D eigenvalue weighted by atomic mass is 9.97. The molecule has 2 rings (SSSR count). The molecule has 102 valence electrons. The number of nitrogens with one attached hydrogen (secondary N) is 1. The molecule has 0 aromatic heterocycles. The number of piperidine rings is 1. The van der Waals surface area contributed by atoms with Crippen molar-refractivity contribution in [3.05, 3.63) is 29.8 Å². The SMILES string of the molecule is CC(=O)c1ccc(NC(=O)C2CCCN(C)C2)cc1. The Hall–Kier alpha value is -1.68. The minimum absolute atomic E-state index is 0.0341. The smallest absolute Gasteiger partial charge is 0.228 e. The van der Waals surface area contributed by atoms with Gasteiger partial charge in [-0.3, -0.25) is 9.59 Å². The maximum absolute atomic E-state index is 12.1. The van der Waals surface area contributed by atoms with Crippen molar-refractivity contribution in [2.45, 2.75) is 19.8 Å². The minimum atomic E-state index is 0.0341. The summed E-state index contributed by atoms with van der Waals surface area (Å²) in [5, 5.41) is 2.92. The average molecular weight is 260 g/mol. The normalized spacial score (nSPS) is 20.0. The fraction of sp³-hybridized carbons (Fsp3) is 0.467. The number of Topliss-reactive ketones (excluding diaryl/α,β-unsaturated/α-hetero) is 1. The van der Waals surface area contributed by atoms with E-state index in [2.05, 4.69) is 10.2 Å². The molecule has 4 heteroatoms. The van der Waals surface area contributed by atoms with Crippen molar-refractivity contribution in [2.24, 2.45) is 5.92 Å². The van der Waals surface area contributed by atoms with Crippen molar-refractivity contribution < 1.29 is 9.59 Å². The van der Waals surface area contributed by atoms with Gasteiger partial charge in [-0.15, -0.1) is 0 Å². The summed E-state index contributed by atoms with van der Waals surface area (Å²) >= 11 is 0. The number of carbonyl (C=O) groups excluding carboxylic acids is 2. The number of likely N-dealkylation sites (tertiary alicyclic amines) is 1. The fourth-order valence-electron chi connectivity index (χ4n) is 2.41. The van der Waals surface area contributed by atoms with Gasteiger partial charge < -0.3 is 10.2 Å². The molecule has 1 aliphatic rings. The van der Waals surface area contributed by atoms with E-state index < -0.39 is 0 Å². The van der Waals surface area contributed by atoms with Crippen LogP contribution in [0, 0.1) is 5.92 Å². The summed E-state index contributed by atoms with van der Waals surface area (Å²) < 4.78 is 0. The van der Waals surface area contributed by atoms with Crippen LogP contribution in [0.1, 0.15) is 30.1 Å². The Morgan fingerprint density at radius 2 is 1.95 bits per heavy atom. The monoisotopic (exact) mass is 260 g/mol. The van der Waals surface area contributed by atoms with Gasteiger partial charge in [0.15, 0.2) is 5.78 Å². The molecule has 1 aromatic rings. The zero-order chi connectivity index (χ0) is 13.8. The molecule has 1 amide bonds. The summed E-state index contributed by atoms with van der Waals surface area (Å²) in [5.41, 5.74) is 1.42. The van der Waals surface area contributed by atoms with E-state index in [9.17, 15) is 9.59 Å². The molecule has 0 spiro atoms. The molecule has 1 N–H and O–H groups in total. The summed E-state index contributed by atoms with van der Waals surface area (Å²) in [6.45, 7) is 3.42. The highest BCUT2D eigenvalue weighted by Crippen LogP contribution is 2.18. The second-order valence-corrected chi connectivity index (χ2v) is 5.22. The molecule has 0 saturated carbocycles. The van der Waals surface area contributed by atoms with Crippen LogP contribution in [0.4, 0.5) is 5.69 Å². The third kappa shape index (κ3) is 3.64. The predicted octanol–water partition coefficient (Wildman–Crippen LogP) is 2.17. The number of ketones is 1. The quantitative estimate of drug-likeness (QED) is 0.847. The number of hydrogen-bond acceptors (Lipinski definition) is 3. The number of benzene rings is 1. The van der Waals surface area contributed by atoms with Crippen LogP contribution in [0.3, 0.4) is 0 Å². The molecule has 0 aliphatic carbocycles. The first-order valence-electron chi connectivity index (χ1n) is 6.66. The van der Waals surface area contributed by atoms with Crippen LogP contribution in [-0.4, -0.2) is 36.7 Å². The van der Waals surface area contributed by atoms with E-state index in [1.165, 1.54) is 6.92 Å². The van der Waals surface area contributed by atoms with Crippen LogP contribution in [0.2, 0.25) is 0 Å². The van der Waals surface area contributed by atoms with Crippen LogP contribution >= 0.6 is 0 Å². The van der Waals surface area contributed by atoms with Gasteiger partial charge in [0.1, 0.15) is 0 Å². The minimum Gasteiger partial charge on any atom is -0.326 e. The number of anilines is 1. The molecule has 0 radical (unpaired) electrons. The largest absolute Gasteiger partial charge is 0.326 e. The molecule has 1 heterocycles. The van der Waals surface area contributed by atoms with Crippen molar-refractivity contribution in [3.63, 3.8) is 0 Å². The molecule has 4 nitrogen and oxygen atoms in total. The van der Waals surface area contributed by atoms with Crippen molar-refractivity contribution in [1.82, 2.24) is 4.90 Å². The number of rotatable bonds is 3. The molecule has 1 atom stereocenters. The van der Waals surface area contributed by atoms with Gasteiger partial charge in [-0.05, 0) is 57.6 Å². The summed E-state index contributed by atoms with van der Waals surface area (Å²) in [4.78, 5) is 25.5. The Labute approximate surface area is 113 Å². The Morgan fingerprint density at radius 3 is 2.53 bits per heavy atom. The molecule has 1 aromatic carbocycles. The average Bonchev–Trinajstić information content (AvgIpc) is 2.39. The Kier molecular flexibility index (Phi) is 4.32. The summed E-state index contributed by atoms with van der Waals surface area (Å²) in [6, 6.07) is 7.04. The van der Waals surface area contributed by atoms with Crippen LogP contribution in [-0.2, 0) is 4.79 Å². The van der Waals surface area contributed by atoms with E-state index >= 15 is 0 Å². The Balaban J connectivity index is 1.96. The van der Waals surface area contributed by atoms with Crippen LogP contribution in [0.15, 0.2) is 24.3 Å². The molecular formula is C15H20N2O2. The van der Waals surface area contributed by atoms with Crippen molar-refractivity contribution >= 4 is 17.4 Å². The lowest BCUT2D eigenvalue weighted by molar-refractivity contribution is -0.121.